The highest BCUT2D eigenvalue weighted by molar-refractivity contribution is 5.74. The van der Waals surface area contributed by atoms with Gasteiger partial charge in [0.25, 0.3) is 0 Å². The summed E-state index contributed by atoms with van der Waals surface area (Å²) in [6.45, 7) is 10.2. The van der Waals surface area contributed by atoms with E-state index in [1.54, 1.807) is 0 Å². The Bertz CT molecular complexity index is 1120. The highest BCUT2D eigenvalue weighted by atomic mass is 16.5. The summed E-state index contributed by atoms with van der Waals surface area (Å²) in [5.41, 5.74) is 5.89. The first-order valence-corrected chi connectivity index (χ1v) is 13.4. The van der Waals surface area contributed by atoms with Crippen LogP contribution in [0.25, 0.3) is 11.1 Å². The predicted octanol–water partition coefficient (Wildman–Crippen LogP) is 5.10. The minimum absolute atomic E-state index is 0.165. The van der Waals surface area contributed by atoms with Gasteiger partial charge in [-0.05, 0) is 86.2 Å². The molecular weight excluding hydrogens is 462 g/mol. The molecule has 0 bridgehead atoms. The van der Waals surface area contributed by atoms with Gasteiger partial charge in [0.2, 0.25) is 0 Å². The van der Waals surface area contributed by atoms with Gasteiger partial charge in [-0.2, -0.15) is 0 Å². The maximum Gasteiger partial charge on any atom is 0.122 e. The van der Waals surface area contributed by atoms with Gasteiger partial charge in [-0.1, -0.05) is 30.3 Å². The number of aliphatic hydroxyl groups is 1. The zero-order valence-electron chi connectivity index (χ0n) is 22.5. The number of β-amino-alcohol motifs (C(OH)–C–C–N with tert-alkyl or cyclic N) is 1. The minimum Gasteiger partial charge on any atom is -0.493 e. The van der Waals surface area contributed by atoms with Crippen LogP contribution in [0, 0.1) is 13.8 Å². The van der Waals surface area contributed by atoms with Crippen LogP contribution >= 0.6 is 0 Å². The van der Waals surface area contributed by atoms with E-state index in [9.17, 15) is 5.11 Å². The van der Waals surface area contributed by atoms with Crippen molar-refractivity contribution in [2.45, 2.75) is 45.8 Å². The molecule has 1 fully saturated rings. The average Bonchev–Trinajstić information content (AvgIpc) is 3.32. The summed E-state index contributed by atoms with van der Waals surface area (Å²) in [7, 11) is 2.13. The molecule has 1 saturated heterocycles. The first kappa shape index (κ1) is 27.1. The van der Waals surface area contributed by atoms with E-state index in [4.69, 9.17) is 9.47 Å². The number of nitrogens with zero attached hydrogens (tertiary/aromatic N) is 3. The second kappa shape index (κ2) is 13.6. The lowest BCUT2D eigenvalue weighted by Gasteiger charge is -2.19. The molecule has 37 heavy (non-hydrogen) atoms. The maximum absolute atomic E-state index is 9.70. The Hall–Kier alpha value is -2.93. The highest BCUT2D eigenvalue weighted by Gasteiger charge is 2.19. The first-order valence-electron chi connectivity index (χ1n) is 13.4. The highest BCUT2D eigenvalue weighted by Crippen LogP contribution is 2.35. The topological polar surface area (TPSA) is 58.1 Å². The lowest BCUT2D eigenvalue weighted by molar-refractivity contribution is 0.173. The summed E-state index contributed by atoms with van der Waals surface area (Å²) in [5, 5.41) is 9.70. The Balaban J connectivity index is 1.29. The fourth-order valence-corrected chi connectivity index (χ4v) is 5.01. The van der Waals surface area contributed by atoms with Crippen LogP contribution in [-0.2, 0) is 6.54 Å². The van der Waals surface area contributed by atoms with Crippen molar-refractivity contribution < 1.29 is 14.6 Å². The molecular formula is C31H41N3O3. The zero-order chi connectivity index (χ0) is 26.0. The van der Waals surface area contributed by atoms with Crippen molar-refractivity contribution in [3.8, 4) is 22.6 Å². The van der Waals surface area contributed by atoms with Crippen molar-refractivity contribution in [3.05, 3.63) is 77.6 Å². The number of benzene rings is 2. The van der Waals surface area contributed by atoms with Gasteiger partial charge in [0.05, 0.1) is 19.3 Å². The molecule has 0 aliphatic carbocycles. The number of ether oxygens (including phenoxy) is 2. The fraction of sp³-hybridized carbons (Fsp3) is 0.452. The molecule has 1 aromatic heterocycles. The number of likely N-dealkylation sites (tertiary alicyclic amines) is 1. The van der Waals surface area contributed by atoms with E-state index < -0.39 is 0 Å². The third-order valence-electron chi connectivity index (χ3n) is 7.10. The van der Waals surface area contributed by atoms with E-state index in [2.05, 4.69) is 78.1 Å². The van der Waals surface area contributed by atoms with Gasteiger partial charge in [0.1, 0.15) is 11.5 Å². The van der Waals surface area contributed by atoms with E-state index in [0.717, 1.165) is 74.6 Å². The lowest BCUT2D eigenvalue weighted by atomic mass is 9.95. The van der Waals surface area contributed by atoms with E-state index in [1.807, 2.05) is 18.5 Å². The molecule has 1 N–H and O–H groups in total. The van der Waals surface area contributed by atoms with E-state index in [1.165, 1.54) is 16.7 Å². The Morgan fingerprint density at radius 3 is 2.22 bits per heavy atom. The fourth-order valence-electron chi connectivity index (χ4n) is 5.01. The predicted molar refractivity (Wildman–Crippen MR) is 149 cm³/mol. The van der Waals surface area contributed by atoms with Crippen molar-refractivity contribution in [1.82, 2.24) is 14.8 Å². The number of rotatable bonds is 13. The number of hydrogen-bond acceptors (Lipinski definition) is 6. The van der Waals surface area contributed by atoms with Gasteiger partial charge in [-0.15, -0.1) is 0 Å². The van der Waals surface area contributed by atoms with Crippen LogP contribution in [0.1, 0.15) is 36.0 Å². The molecule has 0 amide bonds. The molecule has 4 rings (SSSR count). The molecule has 6 nitrogen and oxygen atoms in total. The van der Waals surface area contributed by atoms with Gasteiger partial charge in [0.15, 0.2) is 0 Å². The molecule has 1 atom stereocenters. The van der Waals surface area contributed by atoms with E-state index in [0.29, 0.717) is 13.2 Å². The maximum atomic E-state index is 9.70. The van der Waals surface area contributed by atoms with Gasteiger partial charge in [0, 0.05) is 45.1 Å². The Labute approximate surface area is 221 Å². The van der Waals surface area contributed by atoms with Gasteiger partial charge in [-0.25, -0.2) is 0 Å². The largest absolute Gasteiger partial charge is 0.493 e. The van der Waals surface area contributed by atoms with Crippen LogP contribution in [0.3, 0.4) is 0 Å². The van der Waals surface area contributed by atoms with Crippen LogP contribution < -0.4 is 9.47 Å². The molecule has 2 heterocycles. The van der Waals surface area contributed by atoms with Gasteiger partial charge < -0.3 is 24.4 Å². The molecule has 3 aromatic rings. The van der Waals surface area contributed by atoms with Gasteiger partial charge >= 0.3 is 0 Å². The summed E-state index contributed by atoms with van der Waals surface area (Å²) >= 11 is 0. The number of aromatic nitrogens is 1. The van der Waals surface area contributed by atoms with Crippen molar-refractivity contribution in [2.75, 3.05) is 46.4 Å². The molecule has 1 aliphatic heterocycles. The van der Waals surface area contributed by atoms with Crippen LogP contribution in [0.15, 0.2) is 60.9 Å². The summed E-state index contributed by atoms with van der Waals surface area (Å²) in [6, 6.07) is 16.7. The molecule has 1 unspecified atom stereocenters. The molecule has 0 saturated carbocycles. The van der Waals surface area contributed by atoms with Crippen molar-refractivity contribution >= 4 is 0 Å². The lowest BCUT2D eigenvalue weighted by Crippen LogP contribution is -2.24. The smallest absolute Gasteiger partial charge is 0.122 e. The second-order valence-electron chi connectivity index (χ2n) is 10.1. The number of aliphatic hydroxyl groups excluding tert-OH is 1. The second-order valence-corrected chi connectivity index (χ2v) is 10.1. The minimum atomic E-state index is -0.165. The van der Waals surface area contributed by atoms with Crippen LogP contribution in [0.2, 0.25) is 0 Å². The average molecular weight is 504 g/mol. The van der Waals surface area contributed by atoms with Gasteiger partial charge in [-0.3, -0.25) is 4.98 Å². The summed E-state index contributed by atoms with van der Waals surface area (Å²) in [4.78, 5) is 8.80. The monoisotopic (exact) mass is 503 g/mol. The third kappa shape index (κ3) is 7.78. The van der Waals surface area contributed by atoms with Crippen molar-refractivity contribution in [2.24, 2.45) is 0 Å². The Morgan fingerprint density at radius 2 is 1.62 bits per heavy atom. The SMILES string of the molecule is Cc1c(OCCCN(C)Cc2cccnc2)cccc1-c1cccc(OCCCN2CCC(O)C2)c1C. The van der Waals surface area contributed by atoms with Crippen molar-refractivity contribution in [3.63, 3.8) is 0 Å². The number of hydrogen-bond donors (Lipinski definition) is 1. The summed E-state index contributed by atoms with van der Waals surface area (Å²) in [5.74, 6) is 1.87. The summed E-state index contributed by atoms with van der Waals surface area (Å²) in [6.07, 6.45) is 6.36. The molecule has 198 valence electrons. The van der Waals surface area contributed by atoms with E-state index >= 15 is 0 Å². The first-order chi connectivity index (χ1) is 18.0. The number of pyridine rings is 1. The van der Waals surface area contributed by atoms with Crippen LogP contribution in [0.4, 0.5) is 0 Å². The normalized spacial score (nSPS) is 15.9. The molecule has 1 aliphatic rings. The Morgan fingerprint density at radius 1 is 0.946 bits per heavy atom. The van der Waals surface area contributed by atoms with Crippen molar-refractivity contribution in [1.29, 1.82) is 0 Å². The zero-order valence-corrected chi connectivity index (χ0v) is 22.5. The molecule has 0 spiro atoms. The molecule has 0 radical (unpaired) electrons. The summed E-state index contributed by atoms with van der Waals surface area (Å²) < 4.78 is 12.4. The molecule has 2 aromatic carbocycles. The quantitative estimate of drug-likeness (QED) is 0.328. The molecule has 6 heteroatoms. The standard InChI is InChI=1S/C31H41N3O3/c1-24-28(10-4-12-30(24)36-19-7-16-33(3)22-26-9-6-15-32-21-26)29-11-5-13-31(25(29)2)37-20-8-17-34-18-14-27(35)23-34/h4-6,9-13,15,21,27,35H,7-8,14,16-20,22-23H2,1-3H3. The van der Waals surface area contributed by atoms with E-state index in [-0.39, 0.29) is 6.10 Å². The third-order valence-corrected chi connectivity index (χ3v) is 7.10. The van der Waals surface area contributed by atoms with Crippen LogP contribution in [-0.4, -0.2) is 72.4 Å². The Kier molecular flexibility index (Phi) is 9.94. The van der Waals surface area contributed by atoms with Crippen LogP contribution in [0.5, 0.6) is 11.5 Å².